The van der Waals surface area contributed by atoms with E-state index in [0.717, 1.165) is 0 Å². The van der Waals surface area contributed by atoms with Crippen molar-refractivity contribution in [3.05, 3.63) is 36.0 Å². The van der Waals surface area contributed by atoms with Gasteiger partial charge in [-0.15, -0.1) is 0 Å². The molecule has 0 rings (SSSR count). The van der Waals surface area contributed by atoms with Gasteiger partial charge in [-0.25, -0.2) is 0 Å². The van der Waals surface area contributed by atoms with Crippen LogP contribution in [0.5, 0.6) is 0 Å². The summed E-state index contributed by atoms with van der Waals surface area (Å²) in [4.78, 5) is 30.5. The fourth-order valence-corrected chi connectivity index (χ4v) is 0.546. The number of allylic oxidation sites excluding steroid dienone is 5. The second kappa shape index (κ2) is 5.97. The molecule has 0 amide bonds. The van der Waals surface area contributed by atoms with Gasteiger partial charge in [0.25, 0.3) is 0 Å². The molecule has 0 atom stereocenters. The highest BCUT2D eigenvalue weighted by molar-refractivity contribution is 6.01. The number of aldehydes is 3. The van der Waals surface area contributed by atoms with Crippen LogP contribution in [0.25, 0.3) is 0 Å². The maximum Gasteiger partial charge on any atom is 0.153 e. The predicted octanol–water partition coefficient (Wildman–Crippen LogP) is 0.622. The minimum absolute atomic E-state index is 0.0739. The van der Waals surface area contributed by atoms with Crippen LogP contribution in [0.4, 0.5) is 0 Å². The van der Waals surface area contributed by atoms with E-state index in [4.69, 9.17) is 0 Å². The van der Waals surface area contributed by atoms with E-state index in [1.165, 1.54) is 18.2 Å². The molecule has 3 nitrogen and oxygen atoms in total. The molecule has 0 aromatic heterocycles. The molecule has 0 fully saturated rings. The highest BCUT2D eigenvalue weighted by Gasteiger charge is 1.93. The van der Waals surface area contributed by atoms with Crippen LogP contribution in [0.2, 0.25) is 0 Å². The Hall–Kier alpha value is -1.77. The van der Waals surface area contributed by atoms with Crippen LogP contribution in [0.3, 0.4) is 0 Å². The zero-order chi connectivity index (χ0) is 9.40. The predicted molar refractivity (Wildman–Crippen MR) is 44.6 cm³/mol. The van der Waals surface area contributed by atoms with E-state index >= 15 is 0 Å². The smallest absolute Gasteiger partial charge is 0.153 e. The first-order chi connectivity index (χ1) is 5.78. The highest BCUT2D eigenvalue weighted by Crippen LogP contribution is 1.96. The van der Waals surface area contributed by atoms with Gasteiger partial charge >= 0.3 is 0 Å². The Bertz CT molecular complexity index is 249. The van der Waals surface area contributed by atoms with Crippen LogP contribution in [-0.4, -0.2) is 18.9 Å². The third-order valence-corrected chi connectivity index (χ3v) is 1.05. The number of hydrogen-bond donors (Lipinski definition) is 0. The van der Waals surface area contributed by atoms with E-state index < -0.39 is 0 Å². The Kier molecular flexibility index (Phi) is 5.09. The van der Waals surface area contributed by atoms with Gasteiger partial charge in [-0.3, -0.25) is 14.4 Å². The molecule has 0 N–H and O–H groups in total. The first-order valence-corrected chi connectivity index (χ1v) is 3.18. The van der Waals surface area contributed by atoms with Crippen molar-refractivity contribution in [2.75, 3.05) is 0 Å². The minimum atomic E-state index is -0.0739. The lowest BCUT2D eigenvalue weighted by atomic mass is 10.2. The fourth-order valence-electron chi connectivity index (χ4n) is 0.546. The Balaban J connectivity index is 4.76. The summed E-state index contributed by atoms with van der Waals surface area (Å²) in [7, 11) is 0. The van der Waals surface area contributed by atoms with Crippen LogP contribution in [0, 0.1) is 0 Å². The number of carbonyl (C=O) groups excluding carboxylic acids is 3. The van der Waals surface area contributed by atoms with Gasteiger partial charge < -0.3 is 0 Å². The van der Waals surface area contributed by atoms with Crippen molar-refractivity contribution in [3.8, 4) is 0 Å². The molecule has 0 aliphatic rings. The number of hydrogen-bond acceptors (Lipinski definition) is 3. The average molecular weight is 164 g/mol. The molecule has 12 heavy (non-hydrogen) atoms. The van der Waals surface area contributed by atoms with Crippen LogP contribution < -0.4 is 0 Å². The summed E-state index contributed by atoms with van der Waals surface area (Å²) in [5.41, 5.74) is 0.161. The maximum atomic E-state index is 10.3. The molecule has 0 radical (unpaired) electrons. The van der Waals surface area contributed by atoms with E-state index in [9.17, 15) is 14.4 Å². The van der Waals surface area contributed by atoms with Gasteiger partial charge in [0.15, 0.2) is 12.6 Å². The fraction of sp³-hybridized carbons (Fsp3) is 0. The summed E-state index contributed by atoms with van der Waals surface area (Å²) < 4.78 is 0. The van der Waals surface area contributed by atoms with Gasteiger partial charge in [0.05, 0.1) is 5.57 Å². The minimum Gasteiger partial charge on any atom is -0.298 e. The zero-order valence-electron chi connectivity index (χ0n) is 6.40. The SMILES string of the molecule is C=CC=C(C=O)C=C(C=O)C=O. The van der Waals surface area contributed by atoms with Crippen molar-refractivity contribution in [3.63, 3.8) is 0 Å². The van der Waals surface area contributed by atoms with Crippen molar-refractivity contribution in [1.82, 2.24) is 0 Å². The van der Waals surface area contributed by atoms with Crippen molar-refractivity contribution in [1.29, 1.82) is 0 Å². The number of rotatable bonds is 5. The average Bonchev–Trinajstić information content (AvgIpc) is 2.12. The second-order valence-electron chi connectivity index (χ2n) is 1.90. The second-order valence-corrected chi connectivity index (χ2v) is 1.90. The van der Waals surface area contributed by atoms with E-state index in [1.54, 1.807) is 0 Å². The Morgan fingerprint density at radius 2 is 1.42 bits per heavy atom. The molecule has 0 heterocycles. The summed E-state index contributed by atoms with van der Waals surface area (Å²) in [6.07, 6.45) is 5.29. The van der Waals surface area contributed by atoms with Crippen molar-refractivity contribution in [2.24, 2.45) is 0 Å². The van der Waals surface area contributed by atoms with Crippen molar-refractivity contribution >= 4 is 18.9 Å². The van der Waals surface area contributed by atoms with Crippen LogP contribution in [-0.2, 0) is 14.4 Å². The van der Waals surface area contributed by atoms with Crippen molar-refractivity contribution < 1.29 is 14.4 Å². The summed E-state index contributed by atoms with van der Waals surface area (Å²) in [5.74, 6) is 0. The molecule has 0 unspecified atom stereocenters. The largest absolute Gasteiger partial charge is 0.298 e. The topological polar surface area (TPSA) is 51.2 Å². The molecule has 0 aromatic rings. The summed E-state index contributed by atoms with van der Waals surface area (Å²) in [6, 6.07) is 0. The lowest BCUT2D eigenvalue weighted by Crippen LogP contribution is -1.88. The van der Waals surface area contributed by atoms with Crippen LogP contribution in [0.15, 0.2) is 36.0 Å². The molecule has 0 aliphatic heterocycles. The van der Waals surface area contributed by atoms with Gasteiger partial charge in [-0.2, -0.15) is 0 Å². The lowest BCUT2D eigenvalue weighted by Gasteiger charge is -1.87. The molecule has 0 aliphatic carbocycles. The third kappa shape index (κ3) is 3.41. The van der Waals surface area contributed by atoms with Crippen molar-refractivity contribution in [2.45, 2.75) is 0 Å². The first kappa shape index (κ1) is 10.2. The third-order valence-electron chi connectivity index (χ3n) is 1.05. The molecular formula is C9H8O3. The van der Waals surface area contributed by atoms with E-state index in [2.05, 4.69) is 6.58 Å². The standard InChI is InChI=1S/C9H8O3/c1-2-3-8(5-10)4-9(6-11)7-12/h2-7H,1H2. The molecule has 3 heteroatoms. The zero-order valence-corrected chi connectivity index (χ0v) is 6.40. The van der Waals surface area contributed by atoms with E-state index in [0.29, 0.717) is 18.9 Å². The molecule has 0 saturated heterocycles. The van der Waals surface area contributed by atoms with Gasteiger partial charge in [0.2, 0.25) is 0 Å². The Morgan fingerprint density at radius 3 is 1.75 bits per heavy atom. The molecule has 62 valence electrons. The van der Waals surface area contributed by atoms with Crippen LogP contribution in [0.1, 0.15) is 0 Å². The molecule has 0 aromatic carbocycles. The van der Waals surface area contributed by atoms with E-state index in [-0.39, 0.29) is 11.1 Å². The summed E-state index contributed by atoms with van der Waals surface area (Å²) in [5, 5.41) is 0. The highest BCUT2D eigenvalue weighted by atomic mass is 16.1. The van der Waals surface area contributed by atoms with Gasteiger partial charge in [0, 0.05) is 5.57 Å². The van der Waals surface area contributed by atoms with Gasteiger partial charge in [0.1, 0.15) is 6.29 Å². The quantitative estimate of drug-likeness (QED) is 0.197. The molecule has 0 spiro atoms. The lowest BCUT2D eigenvalue weighted by molar-refractivity contribution is -0.109. The Labute approximate surface area is 70.1 Å². The van der Waals surface area contributed by atoms with Gasteiger partial charge in [-0.1, -0.05) is 18.7 Å². The Morgan fingerprint density at radius 1 is 0.917 bits per heavy atom. The molecule has 0 bridgehead atoms. The van der Waals surface area contributed by atoms with Gasteiger partial charge in [-0.05, 0) is 6.08 Å². The van der Waals surface area contributed by atoms with E-state index in [1.807, 2.05) is 0 Å². The van der Waals surface area contributed by atoms with Crippen LogP contribution >= 0.6 is 0 Å². The first-order valence-electron chi connectivity index (χ1n) is 3.18. The monoisotopic (exact) mass is 164 g/mol. The molecule has 0 saturated carbocycles. The number of carbonyl (C=O) groups is 3. The summed E-state index contributed by atoms with van der Waals surface area (Å²) in [6.45, 7) is 3.37. The normalized spacial score (nSPS) is 9.83. The summed E-state index contributed by atoms with van der Waals surface area (Å²) >= 11 is 0. The maximum absolute atomic E-state index is 10.3. The molecular weight excluding hydrogens is 156 g/mol.